The Hall–Kier alpha value is -1.91. The van der Waals surface area contributed by atoms with Crippen LogP contribution in [0.4, 0.5) is 0 Å². The Morgan fingerprint density at radius 3 is 2.50 bits per heavy atom. The minimum absolute atomic E-state index is 0.105. The summed E-state index contributed by atoms with van der Waals surface area (Å²) in [5, 5.41) is 0. The molecule has 0 aliphatic carbocycles. The van der Waals surface area contributed by atoms with Gasteiger partial charge in [-0.25, -0.2) is 0 Å². The molecule has 0 aromatic carbocycles. The molecule has 1 atom stereocenters. The van der Waals surface area contributed by atoms with Crippen molar-refractivity contribution in [3.8, 4) is 0 Å². The van der Waals surface area contributed by atoms with E-state index >= 15 is 0 Å². The third-order valence-corrected chi connectivity index (χ3v) is 1.79. The normalized spacial score (nSPS) is 12.0. The molecule has 0 radical (unpaired) electrons. The van der Waals surface area contributed by atoms with Gasteiger partial charge in [-0.2, -0.15) is 0 Å². The maximum atomic E-state index is 11.0. The van der Waals surface area contributed by atoms with Crippen molar-refractivity contribution in [3.05, 3.63) is 30.1 Å². The highest BCUT2D eigenvalue weighted by Gasteiger charge is 2.20. The van der Waals surface area contributed by atoms with E-state index in [9.17, 15) is 9.59 Å². The molecule has 0 spiro atoms. The number of nitrogens with two attached hydrogens (primary N) is 2. The molecule has 1 rings (SSSR count). The lowest BCUT2D eigenvalue weighted by Gasteiger charge is -2.09. The lowest BCUT2D eigenvalue weighted by Crippen LogP contribution is -2.27. The molecule has 1 heterocycles. The number of nitrogens with zero attached hydrogens (tertiary/aromatic N) is 1. The van der Waals surface area contributed by atoms with Gasteiger partial charge in [-0.15, -0.1) is 0 Å². The van der Waals surface area contributed by atoms with Crippen molar-refractivity contribution in [3.63, 3.8) is 0 Å². The number of carbonyl (C=O) groups is 2. The third kappa shape index (κ3) is 2.55. The van der Waals surface area contributed by atoms with Crippen LogP contribution in [-0.4, -0.2) is 16.8 Å². The summed E-state index contributed by atoms with van der Waals surface area (Å²) in [6.07, 6.45) is 1.43. The van der Waals surface area contributed by atoms with E-state index in [0.29, 0.717) is 5.69 Å². The maximum absolute atomic E-state index is 11.0. The minimum atomic E-state index is -0.728. The first kappa shape index (κ1) is 10.2. The highest BCUT2D eigenvalue weighted by Crippen LogP contribution is 2.15. The molecule has 0 saturated heterocycles. The Morgan fingerprint density at radius 2 is 2.07 bits per heavy atom. The molecule has 0 saturated carbocycles. The van der Waals surface area contributed by atoms with Gasteiger partial charge in [0.2, 0.25) is 11.8 Å². The average molecular weight is 193 g/mol. The summed E-state index contributed by atoms with van der Waals surface area (Å²) < 4.78 is 0. The maximum Gasteiger partial charge on any atom is 0.227 e. The molecule has 2 amide bonds. The Labute approximate surface area is 81.1 Å². The summed E-state index contributed by atoms with van der Waals surface area (Å²) in [4.78, 5) is 25.6. The van der Waals surface area contributed by atoms with Crippen LogP contribution in [0.2, 0.25) is 0 Å². The third-order valence-electron chi connectivity index (χ3n) is 1.79. The van der Waals surface area contributed by atoms with Gasteiger partial charge >= 0.3 is 0 Å². The topological polar surface area (TPSA) is 99.1 Å². The molecule has 1 aromatic heterocycles. The van der Waals surface area contributed by atoms with E-state index in [4.69, 9.17) is 11.5 Å². The summed E-state index contributed by atoms with van der Waals surface area (Å²) >= 11 is 0. The largest absolute Gasteiger partial charge is 0.370 e. The van der Waals surface area contributed by atoms with Gasteiger partial charge in [0.1, 0.15) is 0 Å². The summed E-state index contributed by atoms with van der Waals surface area (Å²) in [6.45, 7) is 0. The summed E-state index contributed by atoms with van der Waals surface area (Å²) in [7, 11) is 0. The molecule has 0 aliphatic heterocycles. The molecule has 0 fully saturated rings. The number of amides is 2. The zero-order valence-electron chi connectivity index (χ0n) is 7.51. The Kier molecular flexibility index (Phi) is 3.17. The molecule has 4 N–H and O–H groups in total. The quantitative estimate of drug-likeness (QED) is 0.675. The molecule has 5 nitrogen and oxygen atoms in total. The first-order valence-corrected chi connectivity index (χ1v) is 4.10. The summed E-state index contributed by atoms with van der Waals surface area (Å²) in [6, 6.07) is 5.07. The van der Waals surface area contributed by atoms with Crippen LogP contribution >= 0.6 is 0 Å². The molecule has 0 bridgehead atoms. The van der Waals surface area contributed by atoms with Gasteiger partial charge in [0.05, 0.1) is 11.6 Å². The van der Waals surface area contributed by atoms with Crippen molar-refractivity contribution < 1.29 is 9.59 Å². The predicted molar refractivity (Wildman–Crippen MR) is 50.0 cm³/mol. The first-order chi connectivity index (χ1) is 6.61. The fourth-order valence-corrected chi connectivity index (χ4v) is 1.13. The van der Waals surface area contributed by atoms with Gasteiger partial charge in [-0.3, -0.25) is 14.6 Å². The lowest BCUT2D eigenvalue weighted by atomic mass is 10.00. The second-order valence-electron chi connectivity index (χ2n) is 2.88. The number of aromatic nitrogens is 1. The summed E-state index contributed by atoms with van der Waals surface area (Å²) in [5.74, 6) is -1.89. The Bertz CT molecular complexity index is 337. The number of hydrogen-bond acceptors (Lipinski definition) is 3. The van der Waals surface area contributed by atoms with Gasteiger partial charge in [0.25, 0.3) is 0 Å². The molecule has 0 aliphatic rings. The highest BCUT2D eigenvalue weighted by molar-refractivity contribution is 5.87. The van der Waals surface area contributed by atoms with Gasteiger partial charge in [-0.05, 0) is 12.1 Å². The number of pyridine rings is 1. The van der Waals surface area contributed by atoms with Crippen LogP contribution in [0.15, 0.2) is 24.4 Å². The molecule has 14 heavy (non-hydrogen) atoms. The van der Waals surface area contributed by atoms with Crippen molar-refractivity contribution in [2.24, 2.45) is 11.5 Å². The molecular weight excluding hydrogens is 182 g/mol. The van der Waals surface area contributed by atoms with Crippen LogP contribution in [0, 0.1) is 0 Å². The van der Waals surface area contributed by atoms with E-state index in [1.807, 2.05) is 0 Å². The van der Waals surface area contributed by atoms with Crippen molar-refractivity contribution >= 4 is 11.8 Å². The van der Waals surface area contributed by atoms with Crippen molar-refractivity contribution in [1.29, 1.82) is 0 Å². The van der Waals surface area contributed by atoms with Crippen LogP contribution < -0.4 is 11.5 Å². The number of rotatable bonds is 4. The summed E-state index contributed by atoms with van der Waals surface area (Å²) in [5.41, 5.74) is 10.6. The molecule has 1 aromatic rings. The van der Waals surface area contributed by atoms with E-state index in [0.717, 1.165) is 0 Å². The number of carbonyl (C=O) groups excluding carboxylic acids is 2. The fraction of sp³-hybridized carbons (Fsp3) is 0.222. The predicted octanol–water partition coefficient (Wildman–Crippen LogP) is -0.474. The minimum Gasteiger partial charge on any atom is -0.370 e. The van der Waals surface area contributed by atoms with Gasteiger partial charge < -0.3 is 11.5 Å². The van der Waals surface area contributed by atoms with E-state index in [2.05, 4.69) is 4.98 Å². The first-order valence-electron chi connectivity index (χ1n) is 4.10. The van der Waals surface area contributed by atoms with Gasteiger partial charge in [-0.1, -0.05) is 6.07 Å². The fourth-order valence-electron chi connectivity index (χ4n) is 1.13. The van der Waals surface area contributed by atoms with E-state index < -0.39 is 17.7 Å². The van der Waals surface area contributed by atoms with Crippen molar-refractivity contribution in [2.45, 2.75) is 12.3 Å². The zero-order valence-corrected chi connectivity index (χ0v) is 7.51. The molecule has 74 valence electrons. The van der Waals surface area contributed by atoms with Crippen LogP contribution in [-0.2, 0) is 9.59 Å². The van der Waals surface area contributed by atoms with Crippen LogP contribution in [0.3, 0.4) is 0 Å². The van der Waals surface area contributed by atoms with Crippen LogP contribution in [0.5, 0.6) is 0 Å². The van der Waals surface area contributed by atoms with Crippen LogP contribution in [0.25, 0.3) is 0 Å². The average Bonchev–Trinajstić information content (AvgIpc) is 2.15. The SMILES string of the molecule is NC(=O)CC(C(N)=O)c1ccccn1. The molecule has 5 heteroatoms. The standard InChI is InChI=1S/C9H11N3O2/c10-8(13)5-6(9(11)14)7-3-1-2-4-12-7/h1-4,6H,5H2,(H2,10,13)(H2,11,14). The molecular formula is C9H11N3O2. The van der Waals surface area contributed by atoms with E-state index in [1.54, 1.807) is 18.2 Å². The van der Waals surface area contributed by atoms with E-state index in [1.165, 1.54) is 6.20 Å². The Morgan fingerprint density at radius 1 is 1.36 bits per heavy atom. The van der Waals surface area contributed by atoms with Gasteiger partial charge in [0, 0.05) is 12.6 Å². The zero-order chi connectivity index (χ0) is 10.6. The monoisotopic (exact) mass is 193 g/mol. The van der Waals surface area contributed by atoms with Crippen molar-refractivity contribution in [1.82, 2.24) is 4.98 Å². The second kappa shape index (κ2) is 4.36. The molecule has 1 unspecified atom stereocenters. The number of primary amides is 2. The second-order valence-corrected chi connectivity index (χ2v) is 2.88. The smallest absolute Gasteiger partial charge is 0.227 e. The van der Waals surface area contributed by atoms with Gasteiger partial charge in [0.15, 0.2) is 0 Å². The highest BCUT2D eigenvalue weighted by atomic mass is 16.2. The van der Waals surface area contributed by atoms with Crippen LogP contribution in [0.1, 0.15) is 18.0 Å². The lowest BCUT2D eigenvalue weighted by molar-refractivity contribution is -0.124. The Balaban J connectivity index is 2.89. The van der Waals surface area contributed by atoms with E-state index in [-0.39, 0.29) is 6.42 Å². The van der Waals surface area contributed by atoms with Crippen molar-refractivity contribution in [2.75, 3.05) is 0 Å². The number of hydrogen-bond donors (Lipinski definition) is 2.